The highest BCUT2D eigenvalue weighted by Gasteiger charge is 2.14. The van der Waals surface area contributed by atoms with Crippen LogP contribution in [0.15, 0.2) is 76.8 Å². The molecule has 2 heterocycles. The number of ether oxygens (including phenoxy) is 1. The molecular formula is C23H20N4O3S. The molecule has 0 aliphatic heterocycles. The number of hydrogen-bond donors (Lipinski definition) is 1. The fourth-order valence-corrected chi connectivity index (χ4v) is 3.97. The van der Waals surface area contributed by atoms with E-state index in [9.17, 15) is 9.59 Å². The fourth-order valence-electron chi connectivity index (χ4n) is 3.03. The Kier molecular flexibility index (Phi) is 5.99. The average molecular weight is 433 g/mol. The van der Waals surface area contributed by atoms with Gasteiger partial charge in [0.2, 0.25) is 0 Å². The molecule has 2 aromatic carbocycles. The molecule has 1 amide bonds. The molecule has 0 unspecified atom stereocenters. The van der Waals surface area contributed by atoms with Crippen LogP contribution in [0.5, 0.6) is 5.75 Å². The van der Waals surface area contributed by atoms with Gasteiger partial charge in [-0.25, -0.2) is 14.5 Å². The van der Waals surface area contributed by atoms with Crippen molar-refractivity contribution < 1.29 is 9.53 Å². The van der Waals surface area contributed by atoms with Crippen molar-refractivity contribution in [3.05, 3.63) is 88.3 Å². The molecule has 0 atom stereocenters. The lowest BCUT2D eigenvalue weighted by molar-refractivity contribution is -0.119. The number of benzene rings is 2. The maximum absolute atomic E-state index is 13.3. The minimum atomic E-state index is -0.533. The van der Waals surface area contributed by atoms with Crippen LogP contribution < -0.4 is 16.0 Å². The third-order valence-electron chi connectivity index (χ3n) is 4.52. The van der Waals surface area contributed by atoms with E-state index >= 15 is 0 Å². The predicted molar refractivity (Wildman–Crippen MR) is 121 cm³/mol. The number of nitrogens with two attached hydrogens (primary N) is 1. The molecule has 0 bridgehead atoms. The third kappa shape index (κ3) is 4.75. The van der Waals surface area contributed by atoms with Gasteiger partial charge in [-0.05, 0) is 48.4 Å². The van der Waals surface area contributed by atoms with Crippen molar-refractivity contribution in [1.29, 1.82) is 0 Å². The molecule has 4 aromatic rings. The Morgan fingerprint density at radius 1 is 1.13 bits per heavy atom. The van der Waals surface area contributed by atoms with E-state index in [4.69, 9.17) is 15.5 Å². The number of aryl methyl sites for hydroxylation is 1. The summed E-state index contributed by atoms with van der Waals surface area (Å²) in [5.41, 5.74) is 7.57. The van der Waals surface area contributed by atoms with E-state index in [0.29, 0.717) is 33.4 Å². The number of rotatable bonds is 7. The van der Waals surface area contributed by atoms with Gasteiger partial charge in [0.1, 0.15) is 11.6 Å². The van der Waals surface area contributed by atoms with Crippen LogP contribution in [0.4, 0.5) is 0 Å². The van der Waals surface area contributed by atoms with Crippen molar-refractivity contribution in [1.82, 2.24) is 14.5 Å². The molecule has 7 nitrogen and oxygen atoms in total. The van der Waals surface area contributed by atoms with E-state index < -0.39 is 5.91 Å². The van der Waals surface area contributed by atoms with E-state index in [1.165, 1.54) is 11.8 Å². The summed E-state index contributed by atoms with van der Waals surface area (Å²) in [6, 6.07) is 18.4. The first-order chi connectivity index (χ1) is 15.0. The lowest BCUT2D eigenvalue weighted by atomic mass is 10.2. The Labute approximate surface area is 182 Å². The molecule has 0 saturated carbocycles. The van der Waals surface area contributed by atoms with E-state index in [2.05, 4.69) is 4.98 Å². The summed E-state index contributed by atoms with van der Waals surface area (Å²) in [5.74, 6) is 1.09. The Balaban J connectivity index is 1.69. The number of amides is 1. The number of thioether (sulfide) groups is 1. The zero-order valence-corrected chi connectivity index (χ0v) is 17.6. The van der Waals surface area contributed by atoms with E-state index in [0.717, 1.165) is 11.1 Å². The molecule has 8 heteroatoms. The molecule has 0 aliphatic rings. The number of fused-ring (bicyclic) bond motifs is 1. The molecule has 0 saturated heterocycles. The van der Waals surface area contributed by atoms with Gasteiger partial charge >= 0.3 is 0 Å². The van der Waals surface area contributed by atoms with Gasteiger partial charge in [-0.3, -0.25) is 9.59 Å². The van der Waals surface area contributed by atoms with Crippen LogP contribution in [0.3, 0.4) is 0 Å². The molecule has 2 N–H and O–H groups in total. The van der Waals surface area contributed by atoms with Gasteiger partial charge in [0.15, 0.2) is 11.8 Å². The highest BCUT2D eigenvalue weighted by atomic mass is 32.2. The van der Waals surface area contributed by atoms with Crippen molar-refractivity contribution in [3.8, 4) is 11.6 Å². The second-order valence-electron chi connectivity index (χ2n) is 6.94. The number of carbonyl (C=O) groups excluding carboxylic acids is 1. The summed E-state index contributed by atoms with van der Waals surface area (Å²) in [4.78, 5) is 33.4. The molecule has 0 radical (unpaired) electrons. The summed E-state index contributed by atoms with van der Waals surface area (Å²) >= 11 is 1.43. The van der Waals surface area contributed by atoms with Crippen molar-refractivity contribution in [2.75, 3.05) is 6.61 Å². The number of carbonyl (C=O) groups is 1. The van der Waals surface area contributed by atoms with Crippen LogP contribution >= 0.6 is 11.8 Å². The molecule has 31 heavy (non-hydrogen) atoms. The Morgan fingerprint density at radius 3 is 2.74 bits per heavy atom. The first kappa shape index (κ1) is 20.6. The van der Waals surface area contributed by atoms with Crippen molar-refractivity contribution in [2.45, 2.75) is 17.8 Å². The number of para-hydroxylation sites is 1. The summed E-state index contributed by atoms with van der Waals surface area (Å²) in [6.07, 6.45) is 1.73. The summed E-state index contributed by atoms with van der Waals surface area (Å²) < 4.78 is 6.92. The summed E-state index contributed by atoms with van der Waals surface area (Å²) in [6.45, 7) is 1.77. The van der Waals surface area contributed by atoms with Crippen molar-refractivity contribution in [2.24, 2.45) is 5.73 Å². The largest absolute Gasteiger partial charge is 0.484 e. The lowest BCUT2D eigenvalue weighted by Gasteiger charge is -2.13. The van der Waals surface area contributed by atoms with Crippen LogP contribution in [-0.4, -0.2) is 27.0 Å². The van der Waals surface area contributed by atoms with Crippen LogP contribution in [0.25, 0.3) is 16.7 Å². The molecule has 0 fully saturated rings. The molecule has 2 aromatic heterocycles. The normalized spacial score (nSPS) is 10.9. The predicted octanol–water partition coefficient (Wildman–Crippen LogP) is 3.25. The Hall–Kier alpha value is -3.65. The lowest BCUT2D eigenvalue weighted by Crippen LogP contribution is -2.22. The van der Waals surface area contributed by atoms with Crippen molar-refractivity contribution in [3.63, 3.8) is 0 Å². The first-order valence-corrected chi connectivity index (χ1v) is 10.6. The van der Waals surface area contributed by atoms with Gasteiger partial charge in [0.25, 0.3) is 11.5 Å². The van der Waals surface area contributed by atoms with E-state index in [1.54, 1.807) is 22.9 Å². The van der Waals surface area contributed by atoms with Gasteiger partial charge in [-0.1, -0.05) is 42.1 Å². The Morgan fingerprint density at radius 2 is 1.97 bits per heavy atom. The number of hydrogen-bond acceptors (Lipinski definition) is 6. The quantitative estimate of drug-likeness (QED) is 0.355. The second-order valence-corrected chi connectivity index (χ2v) is 7.88. The minimum Gasteiger partial charge on any atom is -0.484 e. The third-order valence-corrected chi connectivity index (χ3v) is 5.53. The SMILES string of the molecule is Cc1ccc(-n2c(SCc3cccc(OCC(N)=O)c3)nc3ccccc3c2=O)nc1. The van der Waals surface area contributed by atoms with Gasteiger partial charge in [-0.2, -0.15) is 0 Å². The van der Waals surface area contributed by atoms with Crippen LogP contribution in [0.2, 0.25) is 0 Å². The fraction of sp³-hybridized carbons (Fsp3) is 0.130. The molecular weight excluding hydrogens is 412 g/mol. The monoisotopic (exact) mass is 432 g/mol. The second kappa shape index (κ2) is 9.01. The smallest absolute Gasteiger partial charge is 0.267 e. The van der Waals surface area contributed by atoms with Crippen molar-refractivity contribution >= 4 is 28.6 Å². The van der Waals surface area contributed by atoms with E-state index in [1.807, 2.05) is 55.5 Å². The van der Waals surface area contributed by atoms with Gasteiger partial charge in [0.05, 0.1) is 10.9 Å². The van der Waals surface area contributed by atoms with Gasteiger partial charge in [0, 0.05) is 11.9 Å². The van der Waals surface area contributed by atoms with E-state index in [-0.39, 0.29) is 12.2 Å². The van der Waals surface area contributed by atoms with Gasteiger partial charge < -0.3 is 10.5 Å². The molecule has 0 aliphatic carbocycles. The topological polar surface area (TPSA) is 100 Å². The minimum absolute atomic E-state index is 0.164. The standard InChI is InChI=1S/C23H20N4O3S/c1-15-9-10-21(25-12-15)27-22(29)18-7-2-3-8-19(18)26-23(27)31-14-16-5-4-6-17(11-16)30-13-20(24)28/h2-12H,13-14H2,1H3,(H2,24,28). The zero-order valence-electron chi connectivity index (χ0n) is 16.8. The van der Waals surface area contributed by atoms with Gasteiger partial charge in [-0.15, -0.1) is 0 Å². The molecule has 0 spiro atoms. The maximum atomic E-state index is 13.3. The number of aromatic nitrogens is 3. The number of pyridine rings is 1. The van der Waals surface area contributed by atoms with Crippen LogP contribution in [0, 0.1) is 6.92 Å². The molecule has 4 rings (SSSR count). The van der Waals surface area contributed by atoms with Crippen LogP contribution in [0.1, 0.15) is 11.1 Å². The zero-order chi connectivity index (χ0) is 21.8. The number of primary amides is 1. The first-order valence-electron chi connectivity index (χ1n) is 9.59. The Bertz CT molecular complexity index is 1300. The summed E-state index contributed by atoms with van der Waals surface area (Å²) in [5, 5.41) is 1.08. The molecule has 156 valence electrons. The highest BCUT2D eigenvalue weighted by Crippen LogP contribution is 2.25. The summed E-state index contributed by atoms with van der Waals surface area (Å²) in [7, 11) is 0. The highest BCUT2D eigenvalue weighted by molar-refractivity contribution is 7.98. The number of nitrogens with zero attached hydrogens (tertiary/aromatic N) is 3. The average Bonchev–Trinajstić information content (AvgIpc) is 2.78. The van der Waals surface area contributed by atoms with Crippen LogP contribution in [-0.2, 0) is 10.5 Å². The maximum Gasteiger partial charge on any atom is 0.267 e.